The Morgan fingerprint density at radius 2 is 1.87 bits per heavy atom. The van der Waals surface area contributed by atoms with Gasteiger partial charge in [0.15, 0.2) is 17.4 Å². The van der Waals surface area contributed by atoms with Crippen LogP contribution in [0.5, 0.6) is 11.5 Å². The summed E-state index contributed by atoms with van der Waals surface area (Å²) < 4.78 is 36.4. The third kappa shape index (κ3) is 4.26. The van der Waals surface area contributed by atoms with Crippen LogP contribution in [-0.2, 0) is 4.79 Å². The molecule has 0 aliphatic carbocycles. The van der Waals surface area contributed by atoms with E-state index in [-0.39, 0.29) is 29.7 Å². The van der Waals surface area contributed by atoms with Crippen LogP contribution in [0.3, 0.4) is 0 Å². The van der Waals surface area contributed by atoms with Gasteiger partial charge in [-0.15, -0.1) is 0 Å². The van der Waals surface area contributed by atoms with Crippen molar-refractivity contribution in [2.45, 2.75) is 18.9 Å². The molecule has 3 heterocycles. The number of para-hydroxylation sites is 1. The van der Waals surface area contributed by atoms with Crippen LogP contribution in [0.25, 0.3) is 16.7 Å². The minimum Gasteiger partial charge on any atom is -0.451 e. The van der Waals surface area contributed by atoms with Gasteiger partial charge in [-0.05, 0) is 55.3 Å². The molecular formula is C27H22F2N6O3. The number of nitrogens with zero attached hydrogens (tertiary/aromatic N) is 5. The molecule has 2 aromatic carbocycles. The largest absolute Gasteiger partial charge is 0.451 e. The van der Waals surface area contributed by atoms with E-state index in [9.17, 15) is 18.4 Å². The van der Waals surface area contributed by atoms with Crippen LogP contribution in [0, 0.1) is 23.0 Å². The first kappa shape index (κ1) is 24.7. The van der Waals surface area contributed by atoms with Gasteiger partial charge in [-0.3, -0.25) is 13.9 Å². The summed E-state index contributed by atoms with van der Waals surface area (Å²) in [6.07, 6.45) is 2.76. The number of hydrogen-bond acceptors (Lipinski definition) is 6. The average Bonchev–Trinajstić information content (AvgIpc) is 3.23. The molecule has 1 atom stereocenters. The van der Waals surface area contributed by atoms with Crippen LogP contribution < -0.4 is 16.2 Å². The molecule has 11 heteroatoms. The molecule has 0 saturated carbocycles. The van der Waals surface area contributed by atoms with Crippen molar-refractivity contribution in [3.8, 4) is 23.3 Å². The molecule has 1 aliphatic rings. The molecule has 0 spiro atoms. The van der Waals surface area contributed by atoms with E-state index in [2.05, 4.69) is 11.6 Å². The van der Waals surface area contributed by atoms with E-state index in [4.69, 9.17) is 15.7 Å². The zero-order valence-electron chi connectivity index (χ0n) is 20.1. The van der Waals surface area contributed by atoms with Crippen LogP contribution in [0.2, 0.25) is 0 Å². The minimum atomic E-state index is -0.842. The van der Waals surface area contributed by atoms with E-state index >= 15 is 0 Å². The van der Waals surface area contributed by atoms with Crippen molar-refractivity contribution >= 4 is 22.8 Å². The Labute approximate surface area is 215 Å². The van der Waals surface area contributed by atoms with E-state index in [1.165, 1.54) is 33.9 Å². The van der Waals surface area contributed by atoms with Crippen molar-refractivity contribution in [3.63, 3.8) is 0 Å². The lowest BCUT2D eigenvalue weighted by molar-refractivity contribution is -0.128. The van der Waals surface area contributed by atoms with E-state index in [0.717, 1.165) is 12.1 Å². The van der Waals surface area contributed by atoms with E-state index in [0.29, 0.717) is 36.1 Å². The molecule has 0 unspecified atom stereocenters. The Morgan fingerprint density at radius 3 is 2.55 bits per heavy atom. The van der Waals surface area contributed by atoms with Crippen molar-refractivity contribution in [3.05, 3.63) is 89.0 Å². The van der Waals surface area contributed by atoms with E-state index in [1.54, 1.807) is 28.8 Å². The molecule has 5 rings (SSSR count). The fourth-order valence-corrected chi connectivity index (χ4v) is 4.73. The highest BCUT2D eigenvalue weighted by atomic mass is 19.1. The maximum Gasteiger partial charge on any atom is 0.334 e. The summed E-state index contributed by atoms with van der Waals surface area (Å²) in [6.45, 7) is 4.19. The van der Waals surface area contributed by atoms with E-state index in [1.807, 2.05) is 0 Å². The van der Waals surface area contributed by atoms with Gasteiger partial charge in [0.25, 0.3) is 5.91 Å². The van der Waals surface area contributed by atoms with Gasteiger partial charge in [-0.2, -0.15) is 5.26 Å². The number of halogens is 2. The molecule has 1 saturated heterocycles. The zero-order chi connectivity index (χ0) is 27.0. The lowest BCUT2D eigenvalue weighted by Gasteiger charge is -2.33. The maximum atomic E-state index is 14.0. The van der Waals surface area contributed by atoms with Crippen LogP contribution in [0.4, 0.5) is 14.6 Å². The van der Waals surface area contributed by atoms with Crippen LogP contribution >= 0.6 is 0 Å². The molecule has 192 valence electrons. The minimum absolute atomic E-state index is 0.133. The summed E-state index contributed by atoms with van der Waals surface area (Å²) in [5.74, 6) is -2.38. The molecule has 9 nitrogen and oxygen atoms in total. The second-order valence-electron chi connectivity index (χ2n) is 8.84. The zero-order valence-corrected chi connectivity index (χ0v) is 20.1. The molecular weight excluding hydrogens is 494 g/mol. The quantitative estimate of drug-likeness (QED) is 0.315. The fraction of sp³-hybridized carbons (Fsp3) is 0.185. The Balaban J connectivity index is 1.54. The number of carbonyl (C=O) groups excluding carboxylic acids is 1. The number of hydrogen-bond donors (Lipinski definition) is 1. The average molecular weight is 517 g/mol. The number of amides is 1. The summed E-state index contributed by atoms with van der Waals surface area (Å²) in [5, 5.41) is 9.07. The summed E-state index contributed by atoms with van der Waals surface area (Å²) in [4.78, 5) is 32.0. The molecule has 4 aromatic rings. The van der Waals surface area contributed by atoms with Gasteiger partial charge >= 0.3 is 5.69 Å². The van der Waals surface area contributed by atoms with Crippen molar-refractivity contribution in [2.75, 3.05) is 18.8 Å². The van der Waals surface area contributed by atoms with E-state index < -0.39 is 29.0 Å². The number of nitriles is 1. The second-order valence-corrected chi connectivity index (χ2v) is 8.84. The summed E-state index contributed by atoms with van der Waals surface area (Å²) >= 11 is 0. The highest BCUT2D eigenvalue weighted by Gasteiger charge is 2.30. The SMILES string of the molecule is C=C(C#N)C(=O)N1CCC[C@@H](n2c(=O)n(-c3ccc(Oc4c(F)cccc4F)cc3)c3c(N)nccc32)C1. The van der Waals surface area contributed by atoms with Gasteiger partial charge in [0.1, 0.15) is 28.7 Å². The number of nitrogen functional groups attached to an aromatic ring is 1. The topological polar surface area (TPSA) is 119 Å². The third-order valence-corrected chi connectivity index (χ3v) is 6.49. The smallest absolute Gasteiger partial charge is 0.334 e. The summed E-state index contributed by atoms with van der Waals surface area (Å²) in [5.41, 5.74) is 7.00. The number of anilines is 1. The van der Waals surface area contributed by atoms with Crippen molar-refractivity contribution < 1.29 is 18.3 Å². The standard InChI is InChI=1S/C27H22F2N6O3/c1-16(14-30)26(36)33-13-3-4-18(15-33)34-22-11-12-32-25(31)23(22)35(27(34)37)17-7-9-19(10-8-17)38-24-20(28)5-2-6-21(24)29/h2,5-12,18H,1,3-4,13,15H2,(H2,31,32)/t18-/m1/s1. The molecule has 0 bridgehead atoms. The van der Waals surface area contributed by atoms with Crippen molar-refractivity contribution in [2.24, 2.45) is 0 Å². The highest BCUT2D eigenvalue weighted by Crippen LogP contribution is 2.31. The van der Waals surface area contributed by atoms with Crippen molar-refractivity contribution in [1.82, 2.24) is 19.0 Å². The first-order valence-electron chi connectivity index (χ1n) is 11.8. The predicted molar refractivity (Wildman–Crippen MR) is 136 cm³/mol. The molecule has 2 aromatic heterocycles. The molecule has 1 amide bonds. The Bertz CT molecular complexity index is 1650. The first-order chi connectivity index (χ1) is 18.3. The van der Waals surface area contributed by atoms with Gasteiger partial charge in [-0.1, -0.05) is 12.6 Å². The lowest BCUT2D eigenvalue weighted by Crippen LogP contribution is -2.43. The van der Waals surface area contributed by atoms with Crippen molar-refractivity contribution in [1.29, 1.82) is 5.26 Å². The van der Waals surface area contributed by atoms with Gasteiger partial charge in [0.2, 0.25) is 0 Å². The van der Waals surface area contributed by atoms with Gasteiger partial charge in [0.05, 0.1) is 17.2 Å². The number of benzene rings is 2. The summed E-state index contributed by atoms with van der Waals surface area (Å²) in [6, 6.07) is 12.6. The number of rotatable bonds is 5. The Morgan fingerprint density at radius 1 is 1.16 bits per heavy atom. The lowest BCUT2D eigenvalue weighted by atomic mass is 10.0. The van der Waals surface area contributed by atoms with Gasteiger partial charge < -0.3 is 15.4 Å². The number of nitrogens with two attached hydrogens (primary N) is 1. The number of imidazole rings is 1. The molecule has 1 aliphatic heterocycles. The monoisotopic (exact) mass is 516 g/mol. The second kappa shape index (κ2) is 9.82. The third-order valence-electron chi connectivity index (χ3n) is 6.49. The highest BCUT2D eigenvalue weighted by molar-refractivity contribution is 5.96. The fourth-order valence-electron chi connectivity index (χ4n) is 4.73. The van der Waals surface area contributed by atoms with Gasteiger partial charge in [0, 0.05) is 19.3 Å². The van der Waals surface area contributed by atoms with Gasteiger partial charge in [-0.25, -0.2) is 18.6 Å². The van der Waals surface area contributed by atoms with Crippen LogP contribution in [0.1, 0.15) is 18.9 Å². The normalized spacial score (nSPS) is 15.3. The number of pyridine rings is 1. The van der Waals surface area contributed by atoms with Crippen LogP contribution in [-0.4, -0.2) is 38.0 Å². The molecule has 38 heavy (non-hydrogen) atoms. The Hall–Kier alpha value is -4.98. The molecule has 0 radical (unpaired) electrons. The summed E-state index contributed by atoms with van der Waals surface area (Å²) in [7, 11) is 0. The van der Waals surface area contributed by atoms with Crippen LogP contribution in [0.15, 0.2) is 71.7 Å². The molecule has 1 fully saturated rings. The predicted octanol–water partition coefficient (Wildman–Crippen LogP) is 4.08. The first-order valence-corrected chi connectivity index (χ1v) is 11.8. The number of aromatic nitrogens is 3. The number of ether oxygens (including phenoxy) is 1. The number of carbonyl (C=O) groups is 1. The number of likely N-dealkylation sites (tertiary alicyclic amines) is 1. The number of fused-ring (bicyclic) bond motifs is 1. The number of piperidine rings is 1. The Kier molecular flexibility index (Phi) is 6.38. The maximum absolute atomic E-state index is 14.0. The molecule has 2 N–H and O–H groups in total.